The average molecular weight is 216 g/mol. The van der Waals surface area contributed by atoms with Crippen molar-refractivity contribution < 1.29 is 4.84 Å². The maximum atomic E-state index is 5.99. The lowest BCUT2D eigenvalue weighted by atomic mass is 10.1. The molecule has 0 fully saturated rings. The lowest BCUT2D eigenvalue weighted by Gasteiger charge is -2.11. The maximum absolute atomic E-state index is 5.99. The molecule has 1 aromatic rings. The predicted octanol–water partition coefficient (Wildman–Crippen LogP) is 3.44. The Morgan fingerprint density at radius 3 is 2.54 bits per heavy atom. The van der Waals surface area contributed by atoms with Gasteiger partial charge in [0.05, 0.1) is 0 Å². The molecule has 1 unspecified atom stereocenters. The molecule has 0 N–H and O–H groups in total. The van der Waals surface area contributed by atoms with Crippen LogP contribution in [0.25, 0.3) is 0 Å². The molecule has 1 aromatic carbocycles. The van der Waals surface area contributed by atoms with E-state index < -0.39 is 0 Å². The Balaban J connectivity index is 2.38. The largest absolute Gasteiger partial charge is 0.387 e. The van der Waals surface area contributed by atoms with Gasteiger partial charge in [0, 0.05) is 28.2 Å². The molecule has 0 aromatic heterocycles. The number of hydrogen-bond acceptors (Lipinski definition) is 2. The van der Waals surface area contributed by atoms with E-state index in [4.69, 9.17) is 28.0 Å². The molecule has 13 heavy (non-hydrogen) atoms. The van der Waals surface area contributed by atoms with Crippen molar-refractivity contribution in [3.8, 4) is 0 Å². The van der Waals surface area contributed by atoms with Crippen LogP contribution in [0.1, 0.15) is 18.1 Å². The Hall–Kier alpha value is -0.730. The monoisotopic (exact) mass is 215 g/mol. The van der Waals surface area contributed by atoms with Gasteiger partial charge in [-0.3, -0.25) is 0 Å². The van der Waals surface area contributed by atoms with Gasteiger partial charge in [0.1, 0.15) is 0 Å². The molecule has 0 saturated carbocycles. The zero-order chi connectivity index (χ0) is 9.26. The minimum Gasteiger partial charge on any atom is -0.387 e. The highest BCUT2D eigenvalue weighted by Crippen LogP contribution is 2.35. The topological polar surface area (TPSA) is 21.6 Å². The van der Waals surface area contributed by atoms with E-state index in [1.165, 1.54) is 0 Å². The highest BCUT2D eigenvalue weighted by Gasteiger charge is 2.21. The van der Waals surface area contributed by atoms with E-state index in [0.717, 1.165) is 12.0 Å². The lowest BCUT2D eigenvalue weighted by molar-refractivity contribution is 0.0859. The first kappa shape index (κ1) is 8.85. The number of rotatable bonds is 1. The molecular weight excluding hydrogens is 209 g/mol. The molecule has 0 aliphatic carbocycles. The minimum atomic E-state index is -0.124. The van der Waals surface area contributed by atoms with Crippen LogP contribution in [0.5, 0.6) is 0 Å². The third-order valence-corrected chi connectivity index (χ3v) is 2.56. The molecule has 0 spiro atoms. The SMILES string of the molecule is Clc1cccc(Cl)c1C1CC=NO1. The number of hydrogen-bond donors (Lipinski definition) is 0. The van der Waals surface area contributed by atoms with E-state index in [1.54, 1.807) is 18.3 Å². The second kappa shape index (κ2) is 3.56. The van der Waals surface area contributed by atoms with E-state index in [1.807, 2.05) is 6.07 Å². The summed E-state index contributed by atoms with van der Waals surface area (Å²) in [6.07, 6.45) is 2.31. The van der Waals surface area contributed by atoms with Crippen LogP contribution in [0.2, 0.25) is 10.0 Å². The highest BCUT2D eigenvalue weighted by molar-refractivity contribution is 6.36. The normalized spacial score (nSPS) is 20.3. The van der Waals surface area contributed by atoms with Crippen molar-refractivity contribution in [3.05, 3.63) is 33.8 Å². The highest BCUT2D eigenvalue weighted by atomic mass is 35.5. The molecule has 68 valence electrons. The van der Waals surface area contributed by atoms with Crippen molar-refractivity contribution in [1.29, 1.82) is 0 Å². The molecule has 2 nitrogen and oxygen atoms in total. The van der Waals surface area contributed by atoms with E-state index in [0.29, 0.717) is 10.0 Å². The molecule has 1 aliphatic rings. The summed E-state index contributed by atoms with van der Waals surface area (Å²) >= 11 is 12.0. The van der Waals surface area contributed by atoms with Crippen LogP contribution >= 0.6 is 23.2 Å². The predicted molar refractivity (Wildman–Crippen MR) is 53.4 cm³/mol. The fraction of sp³-hybridized carbons (Fsp3) is 0.222. The molecule has 0 saturated heterocycles. The minimum absolute atomic E-state index is 0.124. The van der Waals surface area contributed by atoms with Gasteiger partial charge in [-0.05, 0) is 12.1 Å². The molecule has 0 radical (unpaired) electrons. The van der Waals surface area contributed by atoms with E-state index in [2.05, 4.69) is 5.16 Å². The maximum Gasteiger partial charge on any atom is 0.160 e. The summed E-state index contributed by atoms with van der Waals surface area (Å²) in [5.41, 5.74) is 0.823. The van der Waals surface area contributed by atoms with Crippen LogP contribution in [-0.2, 0) is 4.84 Å². The van der Waals surface area contributed by atoms with Crippen molar-refractivity contribution in [1.82, 2.24) is 0 Å². The van der Waals surface area contributed by atoms with Crippen LogP contribution in [0, 0.1) is 0 Å². The third kappa shape index (κ3) is 1.64. The molecule has 1 aliphatic heterocycles. The second-order valence-corrected chi connectivity index (χ2v) is 3.57. The van der Waals surface area contributed by atoms with E-state index >= 15 is 0 Å². The van der Waals surface area contributed by atoms with E-state index in [-0.39, 0.29) is 6.10 Å². The summed E-state index contributed by atoms with van der Waals surface area (Å²) in [6.45, 7) is 0. The van der Waals surface area contributed by atoms with Crippen molar-refractivity contribution in [2.24, 2.45) is 5.16 Å². The van der Waals surface area contributed by atoms with Crippen LogP contribution in [0.4, 0.5) is 0 Å². The molecule has 1 atom stereocenters. The number of benzene rings is 1. The number of nitrogens with zero attached hydrogens (tertiary/aromatic N) is 1. The van der Waals surface area contributed by atoms with Crippen LogP contribution in [0.15, 0.2) is 23.4 Å². The van der Waals surface area contributed by atoms with Crippen LogP contribution < -0.4 is 0 Å². The summed E-state index contributed by atoms with van der Waals surface area (Å²) in [5.74, 6) is 0. The van der Waals surface area contributed by atoms with Gasteiger partial charge in [0.25, 0.3) is 0 Å². The van der Waals surface area contributed by atoms with Crippen molar-refractivity contribution in [2.45, 2.75) is 12.5 Å². The second-order valence-electron chi connectivity index (χ2n) is 2.75. The Morgan fingerprint density at radius 1 is 1.31 bits per heavy atom. The summed E-state index contributed by atoms with van der Waals surface area (Å²) in [4.78, 5) is 5.10. The third-order valence-electron chi connectivity index (χ3n) is 1.90. The summed E-state index contributed by atoms with van der Waals surface area (Å²) < 4.78 is 0. The lowest BCUT2D eigenvalue weighted by Crippen LogP contribution is -1.97. The molecule has 0 bridgehead atoms. The molecule has 1 heterocycles. The summed E-state index contributed by atoms with van der Waals surface area (Å²) in [7, 11) is 0. The van der Waals surface area contributed by atoms with Gasteiger partial charge in [-0.1, -0.05) is 34.4 Å². The van der Waals surface area contributed by atoms with Crippen molar-refractivity contribution >= 4 is 29.4 Å². The average Bonchev–Trinajstić information content (AvgIpc) is 2.57. The first-order valence-corrected chi connectivity index (χ1v) is 4.66. The van der Waals surface area contributed by atoms with Crippen LogP contribution in [0.3, 0.4) is 0 Å². The number of oxime groups is 1. The Labute approximate surface area is 86.1 Å². The first-order valence-electron chi connectivity index (χ1n) is 3.90. The van der Waals surface area contributed by atoms with Crippen LogP contribution in [-0.4, -0.2) is 6.21 Å². The van der Waals surface area contributed by atoms with Gasteiger partial charge in [0.15, 0.2) is 6.10 Å². The quantitative estimate of drug-likeness (QED) is 0.704. The standard InChI is InChI=1S/C9H7Cl2NO/c10-6-2-1-3-7(11)9(6)8-4-5-12-13-8/h1-3,5,8H,4H2. The van der Waals surface area contributed by atoms with E-state index in [9.17, 15) is 0 Å². The van der Waals surface area contributed by atoms with Gasteiger partial charge >= 0.3 is 0 Å². The van der Waals surface area contributed by atoms with Gasteiger partial charge in [0.2, 0.25) is 0 Å². The fourth-order valence-corrected chi connectivity index (χ4v) is 1.93. The van der Waals surface area contributed by atoms with Crippen molar-refractivity contribution in [2.75, 3.05) is 0 Å². The molecule has 2 rings (SSSR count). The van der Waals surface area contributed by atoms with Gasteiger partial charge in [-0.2, -0.15) is 0 Å². The smallest absolute Gasteiger partial charge is 0.160 e. The summed E-state index contributed by atoms with van der Waals surface area (Å²) in [6, 6.07) is 5.40. The van der Waals surface area contributed by atoms with Gasteiger partial charge in [-0.25, -0.2) is 0 Å². The molecule has 0 amide bonds. The zero-order valence-corrected chi connectivity index (χ0v) is 8.22. The summed E-state index contributed by atoms with van der Waals surface area (Å²) in [5, 5.41) is 4.94. The number of halogens is 2. The Morgan fingerprint density at radius 2 is 2.00 bits per heavy atom. The van der Waals surface area contributed by atoms with Gasteiger partial charge in [-0.15, -0.1) is 0 Å². The molecule has 4 heteroatoms. The Kier molecular flexibility index (Phi) is 2.42. The van der Waals surface area contributed by atoms with Gasteiger partial charge < -0.3 is 4.84 Å². The fourth-order valence-electron chi connectivity index (χ4n) is 1.29. The first-order chi connectivity index (χ1) is 6.29. The van der Waals surface area contributed by atoms with Crippen molar-refractivity contribution in [3.63, 3.8) is 0 Å². The Bertz CT molecular complexity index is 323. The zero-order valence-electron chi connectivity index (χ0n) is 6.71. The molecular formula is C9H7Cl2NO.